The van der Waals surface area contributed by atoms with Crippen LogP contribution in [0.25, 0.3) is 6.08 Å². The maximum atomic E-state index is 12.8. The van der Waals surface area contributed by atoms with Gasteiger partial charge in [-0.1, -0.05) is 41.4 Å². The number of halogens is 2. The molecule has 0 saturated carbocycles. The molecule has 1 aliphatic rings. The monoisotopic (exact) mass is 606 g/mol. The van der Waals surface area contributed by atoms with Crippen molar-refractivity contribution in [2.24, 2.45) is 0 Å². The predicted octanol–water partition coefficient (Wildman–Crippen LogP) is 5.83. The molecule has 13 heteroatoms. The molecule has 0 atom stereocenters. The van der Waals surface area contributed by atoms with E-state index in [0.717, 1.165) is 16.7 Å². The number of nitrogens with zero attached hydrogens (tertiary/aromatic N) is 1. The van der Waals surface area contributed by atoms with Gasteiger partial charge in [0.2, 0.25) is 5.91 Å². The quantitative estimate of drug-likeness (QED) is 0.238. The summed E-state index contributed by atoms with van der Waals surface area (Å²) in [6.07, 6.45) is 1.48. The lowest BCUT2D eigenvalue weighted by atomic mass is 10.2. The van der Waals surface area contributed by atoms with Crippen molar-refractivity contribution in [3.8, 4) is 11.5 Å². The summed E-state index contributed by atoms with van der Waals surface area (Å²) >= 11 is 13.1. The second-order valence-electron chi connectivity index (χ2n) is 8.05. The van der Waals surface area contributed by atoms with Gasteiger partial charge < -0.3 is 14.2 Å². The molecule has 0 unspecified atom stereocenters. The van der Waals surface area contributed by atoms with Crippen LogP contribution in [0.1, 0.15) is 12.5 Å². The van der Waals surface area contributed by atoms with Crippen molar-refractivity contribution in [3.05, 3.63) is 87.2 Å². The van der Waals surface area contributed by atoms with Crippen molar-refractivity contribution < 1.29 is 31.7 Å². The van der Waals surface area contributed by atoms with Crippen LogP contribution in [0.15, 0.2) is 76.5 Å². The average Bonchev–Trinajstić information content (AvgIpc) is 3.14. The van der Waals surface area contributed by atoms with Crippen molar-refractivity contribution in [2.45, 2.75) is 11.8 Å². The molecule has 1 aliphatic heterocycles. The highest BCUT2D eigenvalue weighted by atomic mass is 35.5. The molecule has 1 saturated heterocycles. The van der Waals surface area contributed by atoms with Gasteiger partial charge >= 0.3 is 10.1 Å². The number of amides is 3. The van der Waals surface area contributed by atoms with E-state index in [9.17, 15) is 22.8 Å². The first-order valence-electron chi connectivity index (χ1n) is 11.3. The molecule has 3 aromatic carbocycles. The Morgan fingerprint density at radius 2 is 1.72 bits per heavy atom. The zero-order chi connectivity index (χ0) is 28.2. The predicted molar refractivity (Wildman–Crippen MR) is 150 cm³/mol. The molecule has 3 amide bonds. The first-order valence-corrected chi connectivity index (χ1v) is 14.3. The van der Waals surface area contributed by atoms with Crippen LogP contribution in [0.3, 0.4) is 0 Å². The number of nitrogens with one attached hydrogen (secondary N) is 1. The first kappa shape index (κ1) is 28.5. The Kier molecular flexibility index (Phi) is 8.86. The minimum Gasteiger partial charge on any atom is -0.490 e. The molecular formula is C26H20Cl2N2O7S2. The molecule has 0 spiro atoms. The number of hydrogen-bond donors (Lipinski definition) is 1. The number of benzene rings is 3. The fourth-order valence-corrected chi connectivity index (χ4v) is 5.68. The van der Waals surface area contributed by atoms with E-state index >= 15 is 0 Å². The van der Waals surface area contributed by atoms with E-state index in [1.165, 1.54) is 55.5 Å². The maximum Gasteiger partial charge on any atom is 0.339 e. The summed E-state index contributed by atoms with van der Waals surface area (Å²) < 4.78 is 36.1. The van der Waals surface area contributed by atoms with E-state index in [-0.39, 0.29) is 39.6 Å². The van der Waals surface area contributed by atoms with Crippen LogP contribution >= 0.6 is 35.0 Å². The van der Waals surface area contributed by atoms with Crippen LogP contribution < -0.4 is 14.2 Å². The second kappa shape index (κ2) is 12.1. The summed E-state index contributed by atoms with van der Waals surface area (Å²) in [6, 6.07) is 16.6. The number of hydrogen-bond acceptors (Lipinski definition) is 8. The molecule has 1 fully saturated rings. The molecule has 0 aliphatic carbocycles. The smallest absolute Gasteiger partial charge is 0.339 e. The Bertz CT molecular complexity index is 1580. The van der Waals surface area contributed by atoms with Gasteiger partial charge in [-0.3, -0.25) is 19.3 Å². The number of rotatable bonds is 9. The number of carbonyl (C=O) groups excluding carboxylic acids is 3. The lowest BCUT2D eigenvalue weighted by molar-refractivity contribution is -0.123. The standard InChI is InChI=1S/C26H20Cl2N2O7S2/c1-16(31)29-18-7-9-19(10-8-18)39(34,35)37-23-11-6-17(14-21(23)28)15-24-25(32)30(26(33)38-24)12-13-36-22-5-3-2-4-20(22)27/h2-11,14-15H,12-13H2,1H3,(H,29,31)/b24-15-. The number of imide groups is 1. The largest absolute Gasteiger partial charge is 0.490 e. The fourth-order valence-electron chi connectivity index (χ4n) is 3.40. The highest BCUT2D eigenvalue weighted by Crippen LogP contribution is 2.34. The lowest BCUT2D eigenvalue weighted by Gasteiger charge is -2.13. The van der Waals surface area contributed by atoms with Gasteiger partial charge in [-0.05, 0) is 71.9 Å². The lowest BCUT2D eigenvalue weighted by Crippen LogP contribution is -2.32. The van der Waals surface area contributed by atoms with E-state index < -0.39 is 21.3 Å². The molecular weight excluding hydrogens is 587 g/mol. The summed E-state index contributed by atoms with van der Waals surface area (Å²) in [6.45, 7) is 1.44. The molecule has 39 heavy (non-hydrogen) atoms. The number of anilines is 1. The normalized spacial score (nSPS) is 14.5. The molecule has 202 valence electrons. The Balaban J connectivity index is 1.41. The zero-order valence-electron chi connectivity index (χ0n) is 20.2. The highest BCUT2D eigenvalue weighted by molar-refractivity contribution is 8.18. The molecule has 4 rings (SSSR count). The minimum absolute atomic E-state index is 0.0189. The van der Waals surface area contributed by atoms with E-state index in [1.54, 1.807) is 24.3 Å². The maximum absolute atomic E-state index is 12.8. The van der Waals surface area contributed by atoms with Crippen LogP contribution in [0, 0.1) is 0 Å². The number of para-hydroxylation sites is 1. The molecule has 9 nitrogen and oxygen atoms in total. The SMILES string of the molecule is CC(=O)Nc1ccc(S(=O)(=O)Oc2ccc(/C=C3\SC(=O)N(CCOc4ccccc4Cl)C3=O)cc2Cl)cc1. The van der Waals surface area contributed by atoms with Crippen LogP contribution in [-0.2, 0) is 19.7 Å². The molecule has 3 aromatic rings. The van der Waals surface area contributed by atoms with Crippen molar-refractivity contribution in [1.29, 1.82) is 0 Å². The summed E-state index contributed by atoms with van der Waals surface area (Å²) in [5.41, 5.74) is 0.892. The summed E-state index contributed by atoms with van der Waals surface area (Å²) in [7, 11) is -4.21. The van der Waals surface area contributed by atoms with Gasteiger partial charge in [0.15, 0.2) is 5.75 Å². The third-order valence-electron chi connectivity index (χ3n) is 5.20. The second-order valence-corrected chi connectivity index (χ2v) is 11.4. The van der Waals surface area contributed by atoms with Crippen LogP contribution in [0.5, 0.6) is 11.5 Å². The van der Waals surface area contributed by atoms with E-state index in [0.29, 0.717) is 22.0 Å². The Hall–Kier alpha value is -3.51. The van der Waals surface area contributed by atoms with Gasteiger partial charge in [0, 0.05) is 12.6 Å². The third kappa shape index (κ3) is 7.12. The van der Waals surface area contributed by atoms with Gasteiger partial charge in [-0.15, -0.1) is 0 Å². The fraction of sp³-hybridized carbons (Fsp3) is 0.115. The highest BCUT2D eigenvalue weighted by Gasteiger charge is 2.35. The van der Waals surface area contributed by atoms with E-state index in [2.05, 4.69) is 5.32 Å². The molecule has 1 N–H and O–H groups in total. The van der Waals surface area contributed by atoms with Crippen LogP contribution in [0.4, 0.5) is 10.5 Å². The van der Waals surface area contributed by atoms with Gasteiger partial charge in [-0.2, -0.15) is 8.42 Å². The third-order valence-corrected chi connectivity index (χ3v) is 7.96. The van der Waals surface area contributed by atoms with E-state index in [1.807, 2.05) is 0 Å². The van der Waals surface area contributed by atoms with Gasteiger partial charge in [0.05, 0.1) is 21.5 Å². The Labute approximate surface area is 238 Å². The van der Waals surface area contributed by atoms with Crippen LogP contribution in [-0.4, -0.2) is 43.5 Å². The molecule has 0 bridgehead atoms. The Morgan fingerprint density at radius 1 is 1.00 bits per heavy atom. The molecule has 0 radical (unpaired) electrons. The summed E-state index contributed by atoms with van der Waals surface area (Å²) in [5.74, 6) is -0.456. The summed E-state index contributed by atoms with van der Waals surface area (Å²) in [4.78, 5) is 37.4. The van der Waals surface area contributed by atoms with Gasteiger partial charge in [0.1, 0.15) is 17.3 Å². The average molecular weight is 607 g/mol. The first-order chi connectivity index (χ1) is 18.5. The van der Waals surface area contributed by atoms with E-state index in [4.69, 9.17) is 32.1 Å². The number of thioether (sulfide) groups is 1. The van der Waals surface area contributed by atoms with Crippen molar-refractivity contribution in [1.82, 2.24) is 4.90 Å². The Morgan fingerprint density at radius 3 is 2.38 bits per heavy atom. The van der Waals surface area contributed by atoms with Crippen LogP contribution in [0.2, 0.25) is 10.0 Å². The van der Waals surface area contributed by atoms with Crippen molar-refractivity contribution in [3.63, 3.8) is 0 Å². The number of ether oxygens (including phenoxy) is 1. The molecule has 1 heterocycles. The van der Waals surface area contributed by atoms with Crippen molar-refractivity contribution >= 4 is 73.9 Å². The summed E-state index contributed by atoms with van der Waals surface area (Å²) in [5, 5.41) is 2.50. The topological polar surface area (TPSA) is 119 Å². The van der Waals surface area contributed by atoms with Gasteiger partial charge in [-0.25, -0.2) is 0 Å². The minimum atomic E-state index is -4.21. The van der Waals surface area contributed by atoms with Crippen molar-refractivity contribution in [2.75, 3.05) is 18.5 Å². The van der Waals surface area contributed by atoms with Gasteiger partial charge in [0.25, 0.3) is 11.1 Å². The molecule has 0 aromatic heterocycles. The zero-order valence-corrected chi connectivity index (χ0v) is 23.4. The number of carbonyl (C=O) groups is 3.